The first-order valence-electron chi connectivity index (χ1n) is 10.8. The molecule has 164 valence electrons. The number of rotatable bonds is 10. The highest BCUT2D eigenvalue weighted by molar-refractivity contribution is 7.19. The fraction of sp³-hybridized carbons (Fsp3) is 0.391. The molecule has 0 aliphatic carbocycles. The minimum atomic E-state index is -0.653. The van der Waals surface area contributed by atoms with Crippen LogP contribution >= 0.6 is 11.3 Å². The van der Waals surface area contributed by atoms with Crippen molar-refractivity contribution in [2.75, 3.05) is 36.9 Å². The van der Waals surface area contributed by atoms with Gasteiger partial charge in [0.05, 0.1) is 0 Å². The molecule has 0 spiro atoms. The minimum absolute atomic E-state index is 0.216. The van der Waals surface area contributed by atoms with Crippen molar-refractivity contribution in [2.45, 2.75) is 31.9 Å². The number of anilines is 3. The van der Waals surface area contributed by atoms with Gasteiger partial charge < -0.3 is 20.5 Å². The molecule has 2 aromatic carbocycles. The zero-order valence-electron chi connectivity index (χ0n) is 17.5. The second-order valence-electron chi connectivity index (χ2n) is 7.73. The third kappa shape index (κ3) is 6.92. The van der Waals surface area contributed by atoms with Crippen LogP contribution in [0.15, 0.2) is 54.6 Å². The van der Waals surface area contributed by atoms with Crippen molar-refractivity contribution < 1.29 is 9.84 Å². The van der Waals surface area contributed by atoms with Gasteiger partial charge in [-0.05, 0) is 55.8 Å². The summed E-state index contributed by atoms with van der Waals surface area (Å²) in [6.07, 6.45) is 3.26. The summed E-state index contributed by atoms with van der Waals surface area (Å²) in [6, 6.07) is 18.0. The summed E-state index contributed by atoms with van der Waals surface area (Å²) in [7, 11) is 0. The van der Waals surface area contributed by atoms with Gasteiger partial charge in [-0.3, -0.25) is 4.90 Å². The molecule has 3 aromatic rings. The number of piperidine rings is 1. The molecule has 1 unspecified atom stereocenters. The van der Waals surface area contributed by atoms with Crippen LogP contribution < -0.4 is 15.4 Å². The maximum absolute atomic E-state index is 10.3. The zero-order valence-corrected chi connectivity index (χ0v) is 18.4. The van der Waals surface area contributed by atoms with Gasteiger partial charge in [0.25, 0.3) is 0 Å². The van der Waals surface area contributed by atoms with E-state index in [9.17, 15) is 5.11 Å². The summed E-state index contributed by atoms with van der Waals surface area (Å²) in [6.45, 7) is 3.85. The SMILES string of the molecule is OC(CNc1nnc(Nc2ccccc2)s1)COc1cccc(CN2CCCCC2)c1. The van der Waals surface area contributed by atoms with Crippen LogP contribution in [0.1, 0.15) is 24.8 Å². The molecular formula is C23H29N5O2S. The van der Waals surface area contributed by atoms with Gasteiger partial charge in [0.1, 0.15) is 18.5 Å². The van der Waals surface area contributed by atoms with Crippen LogP contribution in [-0.2, 0) is 6.54 Å². The Morgan fingerprint density at radius 2 is 1.81 bits per heavy atom. The Hall–Kier alpha value is -2.68. The Balaban J connectivity index is 1.20. The van der Waals surface area contributed by atoms with Crippen molar-refractivity contribution in [3.05, 3.63) is 60.2 Å². The van der Waals surface area contributed by atoms with Crippen LogP contribution in [0.3, 0.4) is 0 Å². The lowest BCUT2D eigenvalue weighted by Gasteiger charge is -2.26. The number of hydrogen-bond acceptors (Lipinski definition) is 8. The maximum atomic E-state index is 10.3. The molecule has 1 aliphatic rings. The molecule has 4 rings (SSSR count). The molecule has 1 atom stereocenters. The summed E-state index contributed by atoms with van der Waals surface area (Å²) in [5.74, 6) is 0.791. The van der Waals surface area contributed by atoms with Crippen molar-refractivity contribution in [1.29, 1.82) is 0 Å². The fourth-order valence-corrected chi connectivity index (χ4v) is 4.23. The topological polar surface area (TPSA) is 82.5 Å². The third-order valence-corrected chi connectivity index (χ3v) is 5.93. The predicted octanol–water partition coefficient (Wildman–Crippen LogP) is 4.12. The molecule has 0 amide bonds. The molecule has 0 radical (unpaired) electrons. The maximum Gasteiger partial charge on any atom is 0.211 e. The number of hydrogen-bond donors (Lipinski definition) is 3. The zero-order chi connectivity index (χ0) is 21.3. The second-order valence-corrected chi connectivity index (χ2v) is 8.71. The summed E-state index contributed by atoms with van der Waals surface area (Å²) < 4.78 is 5.82. The number of para-hydroxylation sites is 1. The third-order valence-electron chi connectivity index (χ3n) is 5.13. The normalized spacial score (nSPS) is 15.4. The van der Waals surface area contributed by atoms with Gasteiger partial charge in [-0.2, -0.15) is 0 Å². The lowest BCUT2D eigenvalue weighted by atomic mass is 10.1. The smallest absolute Gasteiger partial charge is 0.211 e. The van der Waals surface area contributed by atoms with E-state index >= 15 is 0 Å². The minimum Gasteiger partial charge on any atom is -0.491 e. The van der Waals surface area contributed by atoms with Gasteiger partial charge in [-0.1, -0.05) is 48.1 Å². The molecule has 3 N–H and O–H groups in total. The van der Waals surface area contributed by atoms with E-state index in [1.165, 1.54) is 49.3 Å². The molecule has 1 fully saturated rings. The molecular weight excluding hydrogens is 410 g/mol. The van der Waals surface area contributed by atoms with E-state index in [-0.39, 0.29) is 6.61 Å². The number of benzene rings is 2. The lowest BCUT2D eigenvalue weighted by Crippen LogP contribution is -2.29. The Kier molecular flexibility index (Phi) is 7.71. The molecule has 31 heavy (non-hydrogen) atoms. The second kappa shape index (κ2) is 11.1. The highest BCUT2D eigenvalue weighted by Gasteiger charge is 2.12. The van der Waals surface area contributed by atoms with E-state index in [0.29, 0.717) is 16.8 Å². The van der Waals surface area contributed by atoms with Crippen molar-refractivity contribution in [3.63, 3.8) is 0 Å². The molecule has 0 saturated carbocycles. The molecule has 0 bridgehead atoms. The van der Waals surface area contributed by atoms with Crippen LogP contribution in [0.2, 0.25) is 0 Å². The number of aliphatic hydroxyl groups excluding tert-OH is 1. The molecule has 2 heterocycles. The number of aliphatic hydroxyl groups is 1. The standard InChI is InChI=1S/C23H29N5O2S/c29-20(15-24-22-26-27-23(31-22)25-19-9-3-1-4-10-19)17-30-21-11-7-8-18(14-21)16-28-12-5-2-6-13-28/h1,3-4,7-11,14,20,29H,2,5-6,12-13,15-17H2,(H,24,26)(H,25,27). The van der Waals surface area contributed by atoms with Gasteiger partial charge in [0, 0.05) is 18.8 Å². The number of ether oxygens (including phenoxy) is 1. The van der Waals surface area contributed by atoms with Crippen LogP contribution in [0, 0.1) is 0 Å². The fourth-order valence-electron chi connectivity index (χ4n) is 3.56. The number of nitrogens with zero attached hydrogens (tertiary/aromatic N) is 3. The first-order valence-corrected chi connectivity index (χ1v) is 11.6. The van der Waals surface area contributed by atoms with Crippen LogP contribution in [-0.4, -0.2) is 52.5 Å². The van der Waals surface area contributed by atoms with E-state index in [0.717, 1.165) is 18.0 Å². The van der Waals surface area contributed by atoms with E-state index < -0.39 is 6.10 Å². The predicted molar refractivity (Wildman–Crippen MR) is 125 cm³/mol. The van der Waals surface area contributed by atoms with E-state index in [4.69, 9.17) is 4.74 Å². The summed E-state index contributed by atoms with van der Waals surface area (Å²) in [5, 5.41) is 26.2. The molecule has 1 aromatic heterocycles. The van der Waals surface area contributed by atoms with Gasteiger partial charge in [-0.15, -0.1) is 10.2 Å². The highest BCUT2D eigenvalue weighted by Crippen LogP contribution is 2.23. The molecule has 7 nitrogen and oxygen atoms in total. The first kappa shape index (κ1) is 21.5. The Labute approximate surface area is 187 Å². The first-order chi connectivity index (χ1) is 15.2. The summed E-state index contributed by atoms with van der Waals surface area (Å²) in [4.78, 5) is 2.49. The van der Waals surface area contributed by atoms with Crippen LogP contribution in [0.25, 0.3) is 0 Å². The molecule has 8 heteroatoms. The molecule has 1 saturated heterocycles. The van der Waals surface area contributed by atoms with Gasteiger partial charge in [0.15, 0.2) is 0 Å². The Morgan fingerprint density at radius 1 is 1.00 bits per heavy atom. The Bertz CT molecular complexity index is 930. The van der Waals surface area contributed by atoms with Gasteiger partial charge >= 0.3 is 0 Å². The largest absolute Gasteiger partial charge is 0.491 e. The van der Waals surface area contributed by atoms with Crippen molar-refractivity contribution in [3.8, 4) is 5.75 Å². The van der Waals surface area contributed by atoms with Crippen molar-refractivity contribution in [2.24, 2.45) is 0 Å². The van der Waals surface area contributed by atoms with E-state index in [1.54, 1.807) is 0 Å². The van der Waals surface area contributed by atoms with Gasteiger partial charge in [-0.25, -0.2) is 0 Å². The van der Waals surface area contributed by atoms with Crippen LogP contribution in [0.4, 0.5) is 16.0 Å². The number of nitrogens with one attached hydrogen (secondary N) is 2. The van der Waals surface area contributed by atoms with Gasteiger partial charge in [0.2, 0.25) is 10.3 Å². The summed E-state index contributed by atoms with van der Waals surface area (Å²) in [5.41, 5.74) is 2.21. The van der Waals surface area contributed by atoms with E-state index in [1.807, 2.05) is 42.5 Å². The van der Waals surface area contributed by atoms with E-state index in [2.05, 4.69) is 37.9 Å². The van der Waals surface area contributed by atoms with Crippen LogP contribution in [0.5, 0.6) is 5.75 Å². The number of likely N-dealkylation sites (tertiary alicyclic amines) is 1. The summed E-state index contributed by atoms with van der Waals surface area (Å²) >= 11 is 1.40. The average molecular weight is 440 g/mol. The lowest BCUT2D eigenvalue weighted by molar-refractivity contribution is 0.117. The quantitative estimate of drug-likeness (QED) is 0.438. The van der Waals surface area contributed by atoms with Crippen molar-refractivity contribution in [1.82, 2.24) is 15.1 Å². The highest BCUT2D eigenvalue weighted by atomic mass is 32.1. The Morgan fingerprint density at radius 3 is 2.65 bits per heavy atom. The van der Waals surface area contributed by atoms with Crippen molar-refractivity contribution >= 4 is 27.3 Å². The number of aromatic nitrogens is 2. The molecule has 1 aliphatic heterocycles. The monoisotopic (exact) mass is 439 g/mol. The average Bonchev–Trinajstić information content (AvgIpc) is 3.25.